The summed E-state index contributed by atoms with van der Waals surface area (Å²) in [6, 6.07) is 15.1. The summed E-state index contributed by atoms with van der Waals surface area (Å²) in [5, 5.41) is 9.43. The number of nitrogens with zero attached hydrogens (tertiary/aromatic N) is 3. The van der Waals surface area contributed by atoms with Gasteiger partial charge in [-0.25, -0.2) is 9.97 Å². The molecule has 0 aliphatic rings. The van der Waals surface area contributed by atoms with Crippen LogP contribution in [0.2, 0.25) is 0 Å². The number of imidazole rings is 1. The number of para-hydroxylation sites is 1. The average molecular weight is 340 g/mol. The largest absolute Gasteiger partial charge is 0.508 e. The number of rotatable bonds is 1. The molecule has 21 heavy (non-hydrogen) atoms. The lowest BCUT2D eigenvalue weighted by molar-refractivity contribution is 0.475. The highest BCUT2D eigenvalue weighted by molar-refractivity contribution is 9.10. The molecule has 0 saturated heterocycles. The normalized spacial score (nSPS) is 11.3. The maximum atomic E-state index is 9.43. The fourth-order valence-electron chi connectivity index (χ4n) is 2.47. The van der Waals surface area contributed by atoms with Gasteiger partial charge in [0.15, 0.2) is 0 Å². The van der Waals surface area contributed by atoms with Crippen molar-refractivity contribution in [2.75, 3.05) is 0 Å². The summed E-state index contributed by atoms with van der Waals surface area (Å²) in [6.07, 6.45) is 1.95. The fraction of sp³-hybridized carbons (Fsp3) is 0. The first-order chi connectivity index (χ1) is 10.2. The zero-order chi connectivity index (χ0) is 14.4. The van der Waals surface area contributed by atoms with Gasteiger partial charge in [0, 0.05) is 11.8 Å². The molecule has 0 fully saturated rings. The van der Waals surface area contributed by atoms with Gasteiger partial charge in [0.25, 0.3) is 0 Å². The van der Waals surface area contributed by atoms with Gasteiger partial charge in [-0.05, 0) is 45.8 Å². The lowest BCUT2D eigenvalue weighted by Gasteiger charge is -2.03. The van der Waals surface area contributed by atoms with E-state index in [4.69, 9.17) is 0 Å². The van der Waals surface area contributed by atoms with Crippen LogP contribution in [0.25, 0.3) is 27.9 Å². The van der Waals surface area contributed by atoms with Crippen molar-refractivity contribution in [3.8, 4) is 16.9 Å². The minimum absolute atomic E-state index is 0.256. The van der Waals surface area contributed by atoms with Crippen LogP contribution in [0.4, 0.5) is 0 Å². The molecule has 0 unspecified atom stereocenters. The van der Waals surface area contributed by atoms with E-state index in [2.05, 4.69) is 25.9 Å². The molecule has 2 aromatic carbocycles. The lowest BCUT2D eigenvalue weighted by Crippen LogP contribution is -1.87. The summed E-state index contributed by atoms with van der Waals surface area (Å²) in [5.74, 6) is 0.914. The summed E-state index contributed by atoms with van der Waals surface area (Å²) < 4.78 is 2.72. The summed E-state index contributed by atoms with van der Waals surface area (Å²) in [7, 11) is 0. The van der Waals surface area contributed by atoms with Crippen molar-refractivity contribution in [3.05, 3.63) is 59.3 Å². The minimum Gasteiger partial charge on any atom is -0.508 e. The third-order valence-electron chi connectivity index (χ3n) is 3.45. The molecule has 0 aliphatic carbocycles. The topological polar surface area (TPSA) is 50.4 Å². The highest BCUT2D eigenvalue weighted by Crippen LogP contribution is 2.29. The Morgan fingerprint density at radius 2 is 1.76 bits per heavy atom. The molecule has 4 aromatic rings. The predicted molar refractivity (Wildman–Crippen MR) is 85.3 cm³/mol. The molecule has 2 aromatic heterocycles. The SMILES string of the molecule is Oc1ccc(-c2cccc3c2nc2nc(Br)ccn23)cc1. The summed E-state index contributed by atoms with van der Waals surface area (Å²) >= 11 is 3.37. The van der Waals surface area contributed by atoms with E-state index < -0.39 is 0 Å². The lowest BCUT2D eigenvalue weighted by atomic mass is 10.0. The van der Waals surface area contributed by atoms with Crippen molar-refractivity contribution < 1.29 is 5.11 Å². The number of hydrogen-bond acceptors (Lipinski definition) is 3. The summed E-state index contributed by atoms with van der Waals surface area (Å²) in [6.45, 7) is 0. The van der Waals surface area contributed by atoms with E-state index in [1.807, 2.05) is 47.0 Å². The fourth-order valence-corrected chi connectivity index (χ4v) is 2.75. The second-order valence-corrected chi connectivity index (χ2v) is 5.56. The van der Waals surface area contributed by atoms with Crippen LogP contribution in [-0.4, -0.2) is 19.5 Å². The maximum absolute atomic E-state index is 9.43. The van der Waals surface area contributed by atoms with Crippen molar-refractivity contribution >= 4 is 32.7 Å². The molecular formula is C16H10BrN3O. The number of phenols is 1. The quantitative estimate of drug-likeness (QED) is 0.533. The molecule has 0 bridgehead atoms. The number of aromatic nitrogens is 3. The first kappa shape index (κ1) is 12.3. The van der Waals surface area contributed by atoms with Crippen molar-refractivity contribution in [1.29, 1.82) is 0 Å². The Morgan fingerprint density at radius 3 is 2.57 bits per heavy atom. The molecular weight excluding hydrogens is 330 g/mol. The number of fused-ring (bicyclic) bond motifs is 3. The van der Waals surface area contributed by atoms with Crippen molar-refractivity contribution in [3.63, 3.8) is 0 Å². The predicted octanol–water partition coefficient (Wildman–Crippen LogP) is 4.02. The van der Waals surface area contributed by atoms with Crippen LogP contribution in [0.5, 0.6) is 5.75 Å². The van der Waals surface area contributed by atoms with E-state index in [1.165, 1.54) is 0 Å². The molecule has 5 heteroatoms. The number of aromatic hydroxyl groups is 1. The van der Waals surface area contributed by atoms with E-state index in [0.717, 1.165) is 26.8 Å². The van der Waals surface area contributed by atoms with Gasteiger partial charge in [0.05, 0.1) is 11.0 Å². The van der Waals surface area contributed by atoms with Gasteiger partial charge in [-0.3, -0.25) is 4.40 Å². The molecule has 0 radical (unpaired) electrons. The second-order valence-electron chi connectivity index (χ2n) is 4.75. The Labute approximate surface area is 128 Å². The smallest absolute Gasteiger partial charge is 0.235 e. The van der Waals surface area contributed by atoms with Gasteiger partial charge in [-0.2, -0.15) is 0 Å². The number of halogens is 1. The zero-order valence-electron chi connectivity index (χ0n) is 10.9. The van der Waals surface area contributed by atoms with Crippen molar-refractivity contribution in [2.45, 2.75) is 0 Å². The Morgan fingerprint density at radius 1 is 0.952 bits per heavy atom. The Bertz CT molecular complexity index is 961. The molecule has 2 heterocycles. The molecule has 4 nitrogen and oxygen atoms in total. The van der Waals surface area contributed by atoms with E-state index in [-0.39, 0.29) is 5.75 Å². The van der Waals surface area contributed by atoms with Crippen LogP contribution < -0.4 is 0 Å². The second kappa shape index (κ2) is 4.56. The molecule has 0 aliphatic heterocycles. The zero-order valence-corrected chi connectivity index (χ0v) is 12.4. The van der Waals surface area contributed by atoms with Gasteiger partial charge >= 0.3 is 0 Å². The van der Waals surface area contributed by atoms with Crippen LogP contribution in [0.3, 0.4) is 0 Å². The van der Waals surface area contributed by atoms with Crippen LogP contribution in [0, 0.1) is 0 Å². The van der Waals surface area contributed by atoms with E-state index in [0.29, 0.717) is 5.78 Å². The minimum atomic E-state index is 0.256. The van der Waals surface area contributed by atoms with Crippen LogP contribution in [-0.2, 0) is 0 Å². The van der Waals surface area contributed by atoms with Gasteiger partial charge < -0.3 is 5.11 Å². The Kier molecular flexibility index (Phi) is 2.68. The molecule has 0 saturated carbocycles. The molecule has 0 amide bonds. The standard InChI is InChI=1S/C16H10BrN3O/c17-14-8-9-20-13-3-1-2-12(15(13)19-16(20)18-14)10-4-6-11(21)7-5-10/h1-9,21H. The number of benzene rings is 2. The monoisotopic (exact) mass is 339 g/mol. The summed E-state index contributed by atoms with van der Waals surface area (Å²) in [5.41, 5.74) is 3.94. The highest BCUT2D eigenvalue weighted by atomic mass is 79.9. The Balaban J connectivity index is 2.06. The molecule has 4 rings (SSSR count). The third kappa shape index (κ3) is 1.97. The first-order valence-electron chi connectivity index (χ1n) is 6.45. The van der Waals surface area contributed by atoms with Crippen LogP contribution >= 0.6 is 15.9 Å². The van der Waals surface area contributed by atoms with Gasteiger partial charge in [0.2, 0.25) is 5.78 Å². The molecule has 0 atom stereocenters. The van der Waals surface area contributed by atoms with E-state index >= 15 is 0 Å². The summed E-state index contributed by atoms with van der Waals surface area (Å²) in [4.78, 5) is 9.02. The van der Waals surface area contributed by atoms with Gasteiger partial charge in [0.1, 0.15) is 10.4 Å². The average Bonchev–Trinajstić information content (AvgIpc) is 2.85. The third-order valence-corrected chi connectivity index (χ3v) is 3.89. The van der Waals surface area contributed by atoms with E-state index in [9.17, 15) is 5.11 Å². The van der Waals surface area contributed by atoms with Crippen LogP contribution in [0.1, 0.15) is 0 Å². The van der Waals surface area contributed by atoms with E-state index in [1.54, 1.807) is 12.1 Å². The maximum Gasteiger partial charge on any atom is 0.235 e. The highest BCUT2D eigenvalue weighted by Gasteiger charge is 2.11. The number of hydrogen-bond donors (Lipinski definition) is 1. The van der Waals surface area contributed by atoms with Gasteiger partial charge in [-0.15, -0.1) is 0 Å². The first-order valence-corrected chi connectivity index (χ1v) is 7.24. The van der Waals surface area contributed by atoms with Crippen molar-refractivity contribution in [1.82, 2.24) is 14.4 Å². The molecule has 0 spiro atoms. The Hall–Kier alpha value is -2.40. The van der Waals surface area contributed by atoms with Crippen LogP contribution in [0.15, 0.2) is 59.3 Å². The molecule has 1 N–H and O–H groups in total. The molecule has 102 valence electrons. The van der Waals surface area contributed by atoms with Crippen molar-refractivity contribution in [2.24, 2.45) is 0 Å². The van der Waals surface area contributed by atoms with Gasteiger partial charge in [-0.1, -0.05) is 24.3 Å². The number of phenolic OH excluding ortho intramolecular Hbond substituents is 1.